The first-order valence-electron chi connectivity index (χ1n) is 9.90. The van der Waals surface area contributed by atoms with Gasteiger partial charge in [-0.25, -0.2) is 0 Å². The highest BCUT2D eigenvalue weighted by Crippen LogP contribution is 2.18. The lowest BCUT2D eigenvalue weighted by Crippen LogP contribution is -2.49. The fraction of sp³-hybridized carbons (Fsp3) is 0.947. The summed E-state index contributed by atoms with van der Waals surface area (Å²) < 4.78 is 10.7. The van der Waals surface area contributed by atoms with Crippen LogP contribution in [0, 0.1) is 11.8 Å². The number of hydrogen-bond donors (Lipinski definition) is 1. The molecule has 0 aromatic rings. The van der Waals surface area contributed by atoms with Gasteiger partial charge in [-0.3, -0.25) is 9.89 Å². The minimum Gasteiger partial charge on any atom is -0.382 e. The van der Waals surface area contributed by atoms with Gasteiger partial charge in [0.1, 0.15) is 0 Å². The summed E-state index contributed by atoms with van der Waals surface area (Å²) in [5, 5.41) is 3.59. The highest BCUT2D eigenvalue weighted by atomic mass is 16.5. The monoisotopic (exact) mass is 354 g/mol. The first kappa shape index (κ1) is 20.5. The summed E-state index contributed by atoms with van der Waals surface area (Å²) >= 11 is 0. The van der Waals surface area contributed by atoms with Gasteiger partial charge in [-0.2, -0.15) is 0 Å². The molecule has 2 aliphatic rings. The van der Waals surface area contributed by atoms with Gasteiger partial charge < -0.3 is 19.7 Å². The highest BCUT2D eigenvalue weighted by molar-refractivity contribution is 5.80. The lowest BCUT2D eigenvalue weighted by atomic mass is 9.99. The normalized spacial score (nSPS) is 26.9. The van der Waals surface area contributed by atoms with Gasteiger partial charge in [0, 0.05) is 52.3 Å². The molecule has 6 nitrogen and oxygen atoms in total. The van der Waals surface area contributed by atoms with Crippen LogP contribution in [0.4, 0.5) is 0 Å². The van der Waals surface area contributed by atoms with Crippen LogP contribution in [0.5, 0.6) is 0 Å². The Morgan fingerprint density at radius 1 is 1.24 bits per heavy atom. The third-order valence-corrected chi connectivity index (χ3v) is 5.45. The van der Waals surface area contributed by atoms with E-state index >= 15 is 0 Å². The van der Waals surface area contributed by atoms with Gasteiger partial charge in [0.2, 0.25) is 0 Å². The van der Waals surface area contributed by atoms with E-state index in [0.717, 1.165) is 38.1 Å². The third-order valence-electron chi connectivity index (χ3n) is 5.45. The third kappa shape index (κ3) is 6.76. The molecule has 0 radical (unpaired) electrons. The molecule has 0 aromatic carbocycles. The minimum absolute atomic E-state index is 0.551. The van der Waals surface area contributed by atoms with Crippen LogP contribution < -0.4 is 5.32 Å². The Kier molecular flexibility index (Phi) is 8.99. The fourth-order valence-electron chi connectivity index (χ4n) is 3.88. The Morgan fingerprint density at radius 3 is 2.80 bits per heavy atom. The van der Waals surface area contributed by atoms with Gasteiger partial charge in [0.15, 0.2) is 5.96 Å². The molecule has 2 heterocycles. The molecule has 0 saturated carbocycles. The number of nitrogens with one attached hydrogen (secondary N) is 1. The van der Waals surface area contributed by atoms with Crippen LogP contribution in [0.15, 0.2) is 4.99 Å². The topological polar surface area (TPSA) is 49.3 Å². The number of nitrogens with zero attached hydrogens (tertiary/aromatic N) is 3. The SMILES string of the molecule is CN=C(NCC(C)N1CCCC(C)C1)N1CCC(COCCOC)C1. The second kappa shape index (κ2) is 11.0. The smallest absolute Gasteiger partial charge is 0.193 e. The molecule has 2 fully saturated rings. The van der Waals surface area contributed by atoms with Crippen LogP contribution in [0.2, 0.25) is 0 Å². The summed E-state index contributed by atoms with van der Waals surface area (Å²) in [7, 11) is 3.60. The van der Waals surface area contributed by atoms with Crippen LogP contribution in [0.1, 0.15) is 33.1 Å². The summed E-state index contributed by atoms with van der Waals surface area (Å²) in [6.45, 7) is 12.4. The predicted octanol–water partition coefficient (Wildman–Crippen LogP) is 1.67. The van der Waals surface area contributed by atoms with Crippen molar-refractivity contribution in [1.82, 2.24) is 15.1 Å². The van der Waals surface area contributed by atoms with Crippen molar-refractivity contribution in [3.05, 3.63) is 0 Å². The summed E-state index contributed by atoms with van der Waals surface area (Å²) in [4.78, 5) is 9.49. The molecule has 6 heteroatoms. The zero-order chi connectivity index (χ0) is 18.1. The van der Waals surface area contributed by atoms with Crippen molar-refractivity contribution in [1.29, 1.82) is 0 Å². The zero-order valence-corrected chi connectivity index (χ0v) is 16.7. The molecular formula is C19H38N4O2. The molecule has 1 N–H and O–H groups in total. The van der Waals surface area contributed by atoms with E-state index in [0.29, 0.717) is 25.2 Å². The van der Waals surface area contributed by atoms with E-state index < -0.39 is 0 Å². The van der Waals surface area contributed by atoms with Crippen molar-refractivity contribution < 1.29 is 9.47 Å². The van der Waals surface area contributed by atoms with Gasteiger partial charge in [-0.05, 0) is 38.6 Å². The average Bonchev–Trinajstić information content (AvgIpc) is 3.08. The Morgan fingerprint density at radius 2 is 2.08 bits per heavy atom. The maximum absolute atomic E-state index is 5.69. The van der Waals surface area contributed by atoms with Crippen molar-refractivity contribution in [2.24, 2.45) is 16.8 Å². The predicted molar refractivity (Wildman–Crippen MR) is 103 cm³/mol. The molecule has 0 amide bonds. The Balaban J connectivity index is 1.69. The molecule has 3 unspecified atom stereocenters. The van der Waals surface area contributed by atoms with Crippen LogP contribution in [0.25, 0.3) is 0 Å². The van der Waals surface area contributed by atoms with E-state index in [4.69, 9.17) is 9.47 Å². The number of guanidine groups is 1. The number of rotatable bonds is 8. The van der Waals surface area contributed by atoms with Crippen LogP contribution in [0.3, 0.4) is 0 Å². The number of methoxy groups -OCH3 is 1. The quantitative estimate of drug-likeness (QED) is 0.408. The van der Waals surface area contributed by atoms with Gasteiger partial charge in [0.05, 0.1) is 19.8 Å². The van der Waals surface area contributed by atoms with Crippen LogP contribution in [-0.4, -0.2) is 88.5 Å². The molecule has 2 aliphatic heterocycles. The molecule has 0 aromatic heterocycles. The van der Waals surface area contributed by atoms with Gasteiger partial charge in [-0.1, -0.05) is 6.92 Å². The molecule has 2 saturated heterocycles. The molecule has 3 atom stereocenters. The van der Waals surface area contributed by atoms with Crippen LogP contribution >= 0.6 is 0 Å². The first-order valence-corrected chi connectivity index (χ1v) is 9.90. The zero-order valence-electron chi connectivity index (χ0n) is 16.7. The van der Waals surface area contributed by atoms with E-state index in [9.17, 15) is 0 Å². The lowest BCUT2D eigenvalue weighted by Gasteiger charge is -2.36. The largest absolute Gasteiger partial charge is 0.382 e. The van der Waals surface area contributed by atoms with Gasteiger partial charge in [-0.15, -0.1) is 0 Å². The van der Waals surface area contributed by atoms with E-state index in [-0.39, 0.29) is 0 Å². The van der Waals surface area contributed by atoms with E-state index in [1.54, 1.807) is 7.11 Å². The van der Waals surface area contributed by atoms with E-state index in [1.807, 2.05) is 7.05 Å². The summed E-state index contributed by atoms with van der Waals surface area (Å²) in [5.41, 5.74) is 0. The minimum atomic E-state index is 0.551. The summed E-state index contributed by atoms with van der Waals surface area (Å²) in [6.07, 6.45) is 3.88. The van der Waals surface area contributed by atoms with Crippen molar-refractivity contribution in [2.75, 3.05) is 66.7 Å². The number of hydrogen-bond acceptors (Lipinski definition) is 4. The standard InChI is InChI=1S/C19H38N4O2/c1-16-6-5-8-22(13-16)17(2)12-21-19(20-3)23-9-7-18(14-23)15-25-11-10-24-4/h16-18H,5-15H2,1-4H3,(H,20,21). The fourth-order valence-corrected chi connectivity index (χ4v) is 3.88. The van der Waals surface area contributed by atoms with Crippen molar-refractivity contribution in [3.63, 3.8) is 0 Å². The van der Waals surface area contributed by atoms with Crippen molar-refractivity contribution in [2.45, 2.75) is 39.2 Å². The molecule has 0 bridgehead atoms. The van der Waals surface area contributed by atoms with Gasteiger partial charge in [0.25, 0.3) is 0 Å². The second-order valence-electron chi connectivity index (χ2n) is 7.69. The van der Waals surface area contributed by atoms with E-state index in [2.05, 4.69) is 34.0 Å². The first-order chi connectivity index (χ1) is 12.1. The number of likely N-dealkylation sites (tertiary alicyclic amines) is 2. The molecule has 0 spiro atoms. The molecule has 146 valence electrons. The number of ether oxygens (including phenoxy) is 2. The maximum atomic E-state index is 5.69. The average molecular weight is 355 g/mol. The van der Waals surface area contributed by atoms with Gasteiger partial charge >= 0.3 is 0 Å². The van der Waals surface area contributed by atoms with Crippen molar-refractivity contribution in [3.8, 4) is 0 Å². The number of piperidine rings is 1. The highest BCUT2D eigenvalue weighted by Gasteiger charge is 2.26. The summed E-state index contributed by atoms with van der Waals surface area (Å²) in [6, 6.07) is 0.551. The Bertz CT molecular complexity index is 405. The Labute approximate surface area is 153 Å². The molecule has 25 heavy (non-hydrogen) atoms. The maximum Gasteiger partial charge on any atom is 0.193 e. The summed E-state index contributed by atoms with van der Waals surface area (Å²) in [5.74, 6) is 2.46. The second-order valence-corrected chi connectivity index (χ2v) is 7.69. The molecule has 2 rings (SSSR count). The lowest BCUT2D eigenvalue weighted by molar-refractivity contribution is 0.0536. The molecular weight excluding hydrogens is 316 g/mol. The Hall–Kier alpha value is -0.850. The van der Waals surface area contributed by atoms with E-state index in [1.165, 1.54) is 32.4 Å². The van der Waals surface area contributed by atoms with Crippen LogP contribution in [-0.2, 0) is 9.47 Å². The number of aliphatic imine (C=N–C) groups is 1. The molecule has 0 aliphatic carbocycles. The van der Waals surface area contributed by atoms with Crippen molar-refractivity contribution >= 4 is 5.96 Å².